The average Bonchev–Trinajstić information content (AvgIpc) is 3.21. The smallest absolute Gasteiger partial charge is 0.228 e. The van der Waals surface area contributed by atoms with Crippen LogP contribution in [0.2, 0.25) is 5.02 Å². The van der Waals surface area contributed by atoms with Gasteiger partial charge >= 0.3 is 0 Å². The molecule has 1 unspecified atom stereocenters. The highest BCUT2D eigenvalue weighted by molar-refractivity contribution is 6.31. The molecule has 2 amide bonds. The minimum absolute atomic E-state index is 0.0372. The van der Waals surface area contributed by atoms with Gasteiger partial charge in [0, 0.05) is 43.9 Å². The SMILES string of the molecule is COc1ccc(Cl)cc1N1CC(C(=O)N2CCC3(CC2)CC(=O)c2cc(C)ccc2O3)CC1=O. The van der Waals surface area contributed by atoms with Crippen LogP contribution in [0.4, 0.5) is 5.69 Å². The Morgan fingerprint density at radius 1 is 1.15 bits per heavy atom. The van der Waals surface area contributed by atoms with Gasteiger partial charge in [-0.2, -0.15) is 0 Å². The van der Waals surface area contributed by atoms with E-state index in [1.165, 1.54) is 7.11 Å². The largest absolute Gasteiger partial charge is 0.495 e. The second kappa shape index (κ2) is 8.62. The van der Waals surface area contributed by atoms with E-state index in [1.54, 1.807) is 28.0 Å². The van der Waals surface area contributed by atoms with Gasteiger partial charge in [0.05, 0.1) is 30.7 Å². The Balaban J connectivity index is 1.25. The molecule has 3 heterocycles. The van der Waals surface area contributed by atoms with Gasteiger partial charge in [0.2, 0.25) is 11.8 Å². The lowest BCUT2D eigenvalue weighted by atomic mass is 9.82. The van der Waals surface area contributed by atoms with E-state index in [9.17, 15) is 14.4 Å². The maximum absolute atomic E-state index is 13.3. The maximum Gasteiger partial charge on any atom is 0.228 e. The number of halogens is 1. The van der Waals surface area contributed by atoms with E-state index >= 15 is 0 Å². The van der Waals surface area contributed by atoms with Crippen LogP contribution in [0.1, 0.15) is 41.6 Å². The number of ketones is 1. The second-order valence-corrected chi connectivity index (χ2v) is 9.87. The Labute approximate surface area is 203 Å². The van der Waals surface area contributed by atoms with Gasteiger partial charge in [0.1, 0.15) is 17.1 Å². The Hall–Kier alpha value is -3.06. The predicted molar refractivity (Wildman–Crippen MR) is 128 cm³/mol. The van der Waals surface area contributed by atoms with Crippen molar-refractivity contribution in [2.45, 2.75) is 38.2 Å². The number of aryl methyl sites for hydroxylation is 1. The number of carbonyl (C=O) groups excluding carboxylic acids is 3. The number of likely N-dealkylation sites (tertiary alicyclic amines) is 1. The second-order valence-electron chi connectivity index (χ2n) is 9.43. The Kier molecular flexibility index (Phi) is 5.76. The molecule has 0 radical (unpaired) electrons. The van der Waals surface area contributed by atoms with E-state index in [-0.39, 0.29) is 30.6 Å². The summed E-state index contributed by atoms with van der Waals surface area (Å²) in [5.41, 5.74) is 1.69. The first-order valence-electron chi connectivity index (χ1n) is 11.5. The minimum Gasteiger partial charge on any atom is -0.495 e. The molecule has 2 aromatic carbocycles. The molecule has 0 saturated carbocycles. The first-order chi connectivity index (χ1) is 16.3. The molecule has 8 heteroatoms. The fourth-order valence-corrected chi connectivity index (χ4v) is 5.43. The quantitative estimate of drug-likeness (QED) is 0.660. The molecule has 178 valence electrons. The van der Waals surface area contributed by atoms with Crippen LogP contribution in [-0.4, -0.2) is 54.8 Å². The van der Waals surface area contributed by atoms with Crippen LogP contribution in [0.3, 0.4) is 0 Å². The number of rotatable bonds is 3. The molecule has 34 heavy (non-hydrogen) atoms. The van der Waals surface area contributed by atoms with Crippen molar-refractivity contribution in [2.24, 2.45) is 5.92 Å². The number of hydrogen-bond acceptors (Lipinski definition) is 5. The van der Waals surface area contributed by atoms with Crippen molar-refractivity contribution in [2.75, 3.05) is 31.6 Å². The van der Waals surface area contributed by atoms with Gasteiger partial charge in [-0.1, -0.05) is 23.2 Å². The van der Waals surface area contributed by atoms with Gasteiger partial charge in [0.25, 0.3) is 0 Å². The lowest BCUT2D eigenvalue weighted by Crippen LogP contribution is -2.53. The summed E-state index contributed by atoms with van der Waals surface area (Å²) in [7, 11) is 1.54. The Morgan fingerprint density at radius 2 is 1.91 bits per heavy atom. The Bertz CT molecular complexity index is 1170. The van der Waals surface area contributed by atoms with Crippen molar-refractivity contribution >= 4 is 34.9 Å². The van der Waals surface area contributed by atoms with Gasteiger partial charge in [-0.25, -0.2) is 0 Å². The number of ether oxygens (including phenoxy) is 2. The van der Waals surface area contributed by atoms with Gasteiger partial charge in [-0.05, 0) is 37.3 Å². The number of anilines is 1. The van der Waals surface area contributed by atoms with Crippen LogP contribution in [0.25, 0.3) is 0 Å². The van der Waals surface area contributed by atoms with Gasteiger partial charge in [0.15, 0.2) is 5.78 Å². The number of amides is 2. The van der Waals surface area contributed by atoms with E-state index in [0.717, 1.165) is 5.56 Å². The van der Waals surface area contributed by atoms with Crippen molar-refractivity contribution in [3.63, 3.8) is 0 Å². The van der Waals surface area contributed by atoms with Crippen molar-refractivity contribution in [3.05, 3.63) is 52.5 Å². The third-order valence-corrected chi connectivity index (χ3v) is 7.37. The molecule has 1 spiro atoms. The molecule has 5 rings (SSSR count). The number of hydrogen-bond donors (Lipinski definition) is 0. The van der Waals surface area contributed by atoms with Crippen LogP contribution in [0, 0.1) is 12.8 Å². The van der Waals surface area contributed by atoms with E-state index < -0.39 is 11.5 Å². The molecule has 0 N–H and O–H groups in total. The van der Waals surface area contributed by atoms with Crippen molar-refractivity contribution in [1.29, 1.82) is 0 Å². The molecule has 3 aliphatic rings. The van der Waals surface area contributed by atoms with Crippen molar-refractivity contribution in [3.8, 4) is 11.5 Å². The number of piperidine rings is 1. The molecule has 0 bridgehead atoms. The summed E-state index contributed by atoms with van der Waals surface area (Å²) in [6.45, 7) is 3.24. The van der Waals surface area contributed by atoms with Gasteiger partial charge in [-0.15, -0.1) is 0 Å². The molecular formula is C26H27ClN2O5. The van der Waals surface area contributed by atoms with Gasteiger partial charge in [-0.3, -0.25) is 14.4 Å². The zero-order valence-electron chi connectivity index (χ0n) is 19.3. The zero-order valence-corrected chi connectivity index (χ0v) is 20.1. The molecule has 1 atom stereocenters. The summed E-state index contributed by atoms with van der Waals surface area (Å²) in [5.74, 6) is 0.680. The molecule has 2 fully saturated rings. The van der Waals surface area contributed by atoms with Crippen LogP contribution in [-0.2, 0) is 9.59 Å². The fourth-order valence-electron chi connectivity index (χ4n) is 5.26. The zero-order chi connectivity index (χ0) is 24.0. The monoisotopic (exact) mass is 482 g/mol. The molecule has 3 aliphatic heterocycles. The molecule has 2 aromatic rings. The van der Waals surface area contributed by atoms with Crippen molar-refractivity contribution < 1.29 is 23.9 Å². The van der Waals surface area contributed by atoms with E-state index in [1.807, 2.05) is 25.1 Å². The highest BCUT2D eigenvalue weighted by atomic mass is 35.5. The summed E-state index contributed by atoms with van der Waals surface area (Å²) in [4.78, 5) is 42.3. The predicted octanol–water partition coefficient (Wildman–Crippen LogP) is 4.04. The van der Waals surface area contributed by atoms with Gasteiger partial charge < -0.3 is 19.3 Å². The molecule has 7 nitrogen and oxygen atoms in total. The van der Waals surface area contributed by atoms with E-state index in [4.69, 9.17) is 21.1 Å². The summed E-state index contributed by atoms with van der Waals surface area (Å²) < 4.78 is 11.7. The van der Waals surface area contributed by atoms with Crippen LogP contribution < -0.4 is 14.4 Å². The summed E-state index contributed by atoms with van der Waals surface area (Å²) in [6, 6.07) is 10.8. The number of Topliss-reactive ketones (excluding diaryl/α,β-unsaturated/α-hetero) is 1. The van der Waals surface area contributed by atoms with Crippen molar-refractivity contribution in [1.82, 2.24) is 4.90 Å². The molecule has 2 saturated heterocycles. The topological polar surface area (TPSA) is 76.2 Å². The average molecular weight is 483 g/mol. The summed E-state index contributed by atoms with van der Waals surface area (Å²) in [6.07, 6.45) is 1.65. The third kappa shape index (κ3) is 4.02. The number of benzene rings is 2. The minimum atomic E-state index is -0.568. The normalized spacial score (nSPS) is 21.4. The fraction of sp³-hybridized carbons (Fsp3) is 0.423. The standard InChI is InChI=1S/C26H27ClN2O5/c1-16-3-5-22-19(11-16)21(30)14-26(34-22)7-9-28(10-8-26)25(32)17-12-24(31)29(15-17)20-13-18(27)4-6-23(20)33-2/h3-6,11,13,17H,7-10,12,14-15H2,1-2H3. The van der Waals surface area contributed by atoms with Crippen LogP contribution in [0.5, 0.6) is 11.5 Å². The lowest BCUT2D eigenvalue weighted by Gasteiger charge is -2.44. The number of carbonyl (C=O) groups is 3. The third-order valence-electron chi connectivity index (χ3n) is 7.14. The first-order valence-corrected chi connectivity index (χ1v) is 11.9. The van der Waals surface area contributed by atoms with Crippen LogP contribution in [0.15, 0.2) is 36.4 Å². The molecule has 0 aromatic heterocycles. The van der Waals surface area contributed by atoms with E-state index in [0.29, 0.717) is 60.1 Å². The van der Waals surface area contributed by atoms with Crippen LogP contribution >= 0.6 is 11.6 Å². The summed E-state index contributed by atoms with van der Waals surface area (Å²) >= 11 is 6.14. The highest BCUT2D eigenvalue weighted by Gasteiger charge is 2.45. The number of methoxy groups -OCH3 is 1. The maximum atomic E-state index is 13.3. The molecular weight excluding hydrogens is 456 g/mol. The Morgan fingerprint density at radius 3 is 2.65 bits per heavy atom. The summed E-state index contributed by atoms with van der Waals surface area (Å²) in [5, 5.41) is 0.499. The number of nitrogens with zero attached hydrogens (tertiary/aromatic N) is 2. The number of fused-ring (bicyclic) bond motifs is 1. The van der Waals surface area contributed by atoms with E-state index in [2.05, 4.69) is 0 Å². The lowest BCUT2D eigenvalue weighted by molar-refractivity contribution is -0.139. The molecule has 0 aliphatic carbocycles. The first kappa shape index (κ1) is 22.7. The highest BCUT2D eigenvalue weighted by Crippen LogP contribution is 2.41.